The topological polar surface area (TPSA) is 105 Å². The number of carbonyl (C=O) groups excluding carboxylic acids is 1. The van der Waals surface area contributed by atoms with Gasteiger partial charge < -0.3 is 10.4 Å². The molecule has 2 aliphatic rings. The highest BCUT2D eigenvalue weighted by molar-refractivity contribution is 7.91. The molecule has 6 nitrogen and oxygen atoms in total. The fraction of sp³-hybridized carbons (Fsp3) is 0.435. The van der Waals surface area contributed by atoms with E-state index in [0.29, 0.717) is 5.56 Å². The average molecular weight is 428 g/mol. The quantitative estimate of drug-likeness (QED) is 0.686. The maximum atomic E-state index is 13.1. The van der Waals surface area contributed by atoms with Crippen molar-refractivity contribution in [2.45, 2.75) is 69.8 Å². The number of aryl methyl sites for hydroxylation is 3. The number of fused-ring (bicyclic) bond motifs is 2. The molecule has 2 aromatic carbocycles. The fourth-order valence-corrected chi connectivity index (χ4v) is 5.78. The maximum Gasteiger partial charge on any atom is 0.354 e. The van der Waals surface area contributed by atoms with Crippen molar-refractivity contribution in [3.05, 3.63) is 57.6 Å². The Morgan fingerprint density at radius 3 is 2.23 bits per heavy atom. The number of nitrogens with two attached hydrogens (primary N) is 1. The van der Waals surface area contributed by atoms with Crippen molar-refractivity contribution in [3.8, 4) is 0 Å². The first-order chi connectivity index (χ1) is 14.1. The minimum Gasteiger partial charge on any atom is -0.386 e. The highest BCUT2D eigenvalue weighted by atomic mass is 32.2. The van der Waals surface area contributed by atoms with E-state index >= 15 is 0 Å². The first kappa shape index (κ1) is 21.0. The lowest BCUT2D eigenvalue weighted by Gasteiger charge is -2.21. The number of hydrogen-bond donors (Lipinski definition) is 3. The average Bonchev–Trinajstić information content (AvgIpc) is 3.28. The smallest absolute Gasteiger partial charge is 0.354 e. The second-order valence-electron chi connectivity index (χ2n) is 8.86. The van der Waals surface area contributed by atoms with Crippen molar-refractivity contribution in [3.63, 3.8) is 0 Å². The van der Waals surface area contributed by atoms with Gasteiger partial charge in [0.15, 0.2) is 0 Å². The van der Waals surface area contributed by atoms with Gasteiger partial charge in [-0.05, 0) is 105 Å². The lowest BCUT2D eigenvalue weighted by molar-refractivity contribution is 0.0778. The third-order valence-electron chi connectivity index (χ3n) is 6.12. The highest BCUT2D eigenvalue weighted by Crippen LogP contribution is 2.38. The third-order valence-corrected chi connectivity index (χ3v) is 7.48. The predicted octanol–water partition coefficient (Wildman–Crippen LogP) is 4.13. The van der Waals surface area contributed by atoms with Crippen molar-refractivity contribution in [1.29, 1.82) is 0 Å². The summed E-state index contributed by atoms with van der Waals surface area (Å²) in [5.41, 5.74) is 6.26. The number of amides is 2. The Bertz CT molecular complexity index is 1120. The predicted molar refractivity (Wildman–Crippen MR) is 119 cm³/mol. The minimum absolute atomic E-state index is 0.270. The number of nitrogens with one attached hydrogen (secondary N) is 1. The van der Waals surface area contributed by atoms with Crippen LogP contribution in [0.25, 0.3) is 0 Å². The van der Waals surface area contributed by atoms with Gasteiger partial charge in [-0.1, -0.05) is 12.1 Å². The first-order valence-corrected chi connectivity index (χ1v) is 12.0. The van der Waals surface area contributed by atoms with Gasteiger partial charge in [0.05, 0.1) is 10.5 Å². The standard InChI is InChI=1S/C23H29N3O3S/c1-14-12-17(10-11-20(14)23(2,3)28)30(24,29)26-22(27)25-21-18-8-4-6-15(18)13-16-7-5-9-19(16)21/h10-13,28H,4-9H2,1-3H3,(H3,24,25,26,27,29)/t30-/m0/s1. The van der Waals surface area contributed by atoms with Crippen LogP contribution in [0.3, 0.4) is 0 Å². The van der Waals surface area contributed by atoms with Crippen LogP contribution in [-0.2, 0) is 41.2 Å². The SMILES string of the molecule is Cc1cc([S@@](N)(=O)=NC(=O)Nc2c3c(cc4c2CCC4)CCC3)ccc1C(C)(C)O. The summed E-state index contributed by atoms with van der Waals surface area (Å²) >= 11 is 0. The van der Waals surface area contributed by atoms with Crippen LogP contribution in [0, 0.1) is 6.92 Å². The van der Waals surface area contributed by atoms with Crippen LogP contribution in [0.1, 0.15) is 60.1 Å². The number of nitrogens with zero attached hydrogens (tertiary/aromatic N) is 1. The van der Waals surface area contributed by atoms with E-state index in [0.717, 1.165) is 49.8 Å². The number of carbonyl (C=O) groups is 1. The highest BCUT2D eigenvalue weighted by Gasteiger charge is 2.25. The summed E-state index contributed by atoms with van der Waals surface area (Å²) in [4.78, 5) is 13.0. The molecule has 0 saturated heterocycles. The van der Waals surface area contributed by atoms with Crippen LogP contribution in [0.2, 0.25) is 0 Å². The largest absolute Gasteiger partial charge is 0.386 e. The monoisotopic (exact) mass is 427 g/mol. The van der Waals surface area contributed by atoms with E-state index in [2.05, 4.69) is 15.7 Å². The second-order valence-corrected chi connectivity index (χ2v) is 10.7. The van der Waals surface area contributed by atoms with Gasteiger partial charge in [0, 0.05) is 5.69 Å². The molecular weight excluding hydrogens is 398 g/mol. The maximum absolute atomic E-state index is 13.1. The number of aliphatic hydroxyl groups is 1. The molecule has 2 aliphatic carbocycles. The van der Waals surface area contributed by atoms with E-state index in [1.807, 2.05) is 6.92 Å². The van der Waals surface area contributed by atoms with Gasteiger partial charge in [-0.3, -0.25) is 0 Å². The van der Waals surface area contributed by atoms with Gasteiger partial charge in [0.2, 0.25) is 0 Å². The molecule has 0 saturated carbocycles. The van der Waals surface area contributed by atoms with Gasteiger partial charge in [-0.2, -0.15) is 0 Å². The van der Waals surface area contributed by atoms with E-state index in [1.165, 1.54) is 22.3 Å². The lowest BCUT2D eigenvalue weighted by atomic mass is 9.94. The zero-order chi connectivity index (χ0) is 21.7. The van der Waals surface area contributed by atoms with Crippen LogP contribution in [0.5, 0.6) is 0 Å². The Labute approximate surface area is 178 Å². The van der Waals surface area contributed by atoms with Crippen molar-refractivity contribution >= 4 is 21.6 Å². The van der Waals surface area contributed by atoms with Crippen molar-refractivity contribution in [2.75, 3.05) is 5.32 Å². The molecule has 0 aliphatic heterocycles. The first-order valence-electron chi connectivity index (χ1n) is 10.4. The molecule has 0 aromatic heterocycles. The zero-order valence-electron chi connectivity index (χ0n) is 17.7. The summed E-state index contributed by atoms with van der Waals surface area (Å²) in [5.74, 6) is 0. The number of benzene rings is 2. The molecule has 0 bridgehead atoms. The normalized spacial score (nSPS) is 17.2. The Hall–Kier alpha value is -2.22. The zero-order valence-corrected chi connectivity index (χ0v) is 18.6. The van der Waals surface area contributed by atoms with Gasteiger partial charge >= 0.3 is 6.03 Å². The molecule has 0 unspecified atom stereocenters. The van der Waals surface area contributed by atoms with E-state index in [4.69, 9.17) is 5.14 Å². The summed E-state index contributed by atoms with van der Waals surface area (Å²) in [5, 5.41) is 19.1. The number of rotatable bonds is 3. The Kier molecular flexibility index (Phi) is 5.24. The molecule has 30 heavy (non-hydrogen) atoms. The Morgan fingerprint density at radius 2 is 1.70 bits per heavy atom. The van der Waals surface area contributed by atoms with Crippen molar-refractivity contribution in [1.82, 2.24) is 0 Å². The lowest BCUT2D eigenvalue weighted by Crippen LogP contribution is -2.20. The van der Waals surface area contributed by atoms with Crippen molar-refractivity contribution in [2.24, 2.45) is 9.50 Å². The van der Waals surface area contributed by atoms with E-state index < -0.39 is 21.5 Å². The van der Waals surface area contributed by atoms with Crippen LogP contribution in [0.4, 0.5) is 10.5 Å². The Balaban J connectivity index is 1.66. The molecule has 0 heterocycles. The van der Waals surface area contributed by atoms with Gasteiger partial charge in [0.25, 0.3) is 0 Å². The minimum atomic E-state index is -3.41. The summed E-state index contributed by atoms with van der Waals surface area (Å²) in [6.45, 7) is 5.18. The molecule has 1 atom stereocenters. The molecule has 4 N–H and O–H groups in total. The summed E-state index contributed by atoms with van der Waals surface area (Å²) in [6, 6.07) is 6.49. The van der Waals surface area contributed by atoms with Gasteiger partial charge in [-0.25, -0.2) is 14.1 Å². The second kappa shape index (κ2) is 7.48. The molecule has 160 valence electrons. The molecule has 0 spiro atoms. The molecule has 2 aromatic rings. The molecule has 0 fully saturated rings. The Morgan fingerprint density at radius 1 is 1.10 bits per heavy atom. The number of urea groups is 1. The van der Waals surface area contributed by atoms with E-state index in [-0.39, 0.29) is 4.90 Å². The summed E-state index contributed by atoms with van der Waals surface area (Å²) in [6.07, 6.45) is 6.10. The van der Waals surface area contributed by atoms with Gasteiger partial charge in [-0.15, -0.1) is 4.36 Å². The molecule has 4 rings (SSSR count). The van der Waals surface area contributed by atoms with Crippen molar-refractivity contribution < 1.29 is 14.1 Å². The molecular formula is C23H29N3O3S. The van der Waals surface area contributed by atoms with E-state index in [9.17, 15) is 14.1 Å². The molecule has 2 amide bonds. The molecule has 7 heteroatoms. The van der Waals surface area contributed by atoms with Crippen LogP contribution in [-0.4, -0.2) is 15.3 Å². The number of anilines is 1. The van der Waals surface area contributed by atoms with Gasteiger partial charge in [0.1, 0.15) is 9.92 Å². The van der Waals surface area contributed by atoms with Crippen LogP contribution in [0.15, 0.2) is 33.5 Å². The summed E-state index contributed by atoms with van der Waals surface area (Å²) in [7, 11) is -3.41. The van der Waals surface area contributed by atoms with E-state index in [1.54, 1.807) is 32.0 Å². The molecule has 0 radical (unpaired) electrons. The fourth-order valence-electron chi connectivity index (χ4n) is 4.78. The third kappa shape index (κ3) is 3.89. The number of hydrogen-bond acceptors (Lipinski definition) is 3. The van der Waals surface area contributed by atoms with Crippen LogP contribution < -0.4 is 10.5 Å². The van der Waals surface area contributed by atoms with Crippen LogP contribution >= 0.6 is 0 Å². The summed E-state index contributed by atoms with van der Waals surface area (Å²) < 4.78 is 16.9.